The van der Waals surface area contributed by atoms with Crippen LogP contribution in [0.15, 0.2) is 0 Å². The lowest BCUT2D eigenvalue weighted by Gasteiger charge is -1.97. The Morgan fingerprint density at radius 3 is 1.75 bits per heavy atom. The van der Waals surface area contributed by atoms with Crippen molar-refractivity contribution in [2.75, 3.05) is 0 Å². The van der Waals surface area contributed by atoms with Crippen LogP contribution in [0.5, 0.6) is 0 Å². The Bertz CT molecular complexity index is 45.8. The Morgan fingerprint density at radius 2 is 1.50 bits per heavy atom. The molecule has 0 aromatic heterocycles. The summed E-state index contributed by atoms with van der Waals surface area (Å²) in [6.45, 7) is 0. The van der Waals surface area contributed by atoms with Gasteiger partial charge in [0.15, 0.2) is 0 Å². The average Bonchev–Trinajstić information content (AvgIpc) is 1.68. The lowest BCUT2D eigenvalue weighted by Crippen LogP contribution is -2.05. The van der Waals surface area contributed by atoms with Crippen molar-refractivity contribution < 1.29 is 0 Å². The summed E-state index contributed by atoms with van der Waals surface area (Å²) in [4.78, 5) is 0. The zero-order valence-corrected chi connectivity index (χ0v) is 11.8. The summed E-state index contributed by atoms with van der Waals surface area (Å²) >= 11 is 10.5. The number of hydrogen-bond acceptors (Lipinski definition) is 0. The van der Waals surface area contributed by atoms with Crippen LogP contribution in [-0.2, 0) is 0 Å². The van der Waals surface area contributed by atoms with Crippen LogP contribution in [0, 0.1) is 0 Å². The van der Waals surface area contributed by atoms with E-state index in [0.717, 1.165) is 16.3 Å². The van der Waals surface area contributed by atoms with Crippen molar-refractivity contribution in [1.29, 1.82) is 0 Å². The van der Waals surface area contributed by atoms with Gasteiger partial charge in [0.25, 0.3) is 0 Å². The van der Waals surface area contributed by atoms with Crippen LogP contribution in [0.1, 0.15) is 0 Å². The third-order valence-electron chi connectivity index (χ3n) is 0.517. The first kappa shape index (κ1) is 10.1. The number of halogens is 3. The lowest BCUT2D eigenvalue weighted by molar-refractivity contribution is 1.89. The SMILES string of the molecule is Br[Si]C[Si](Br)C[Si]Br. The molecule has 0 saturated heterocycles. The van der Waals surface area contributed by atoms with E-state index in [4.69, 9.17) is 0 Å². The molecule has 6 heteroatoms. The van der Waals surface area contributed by atoms with Crippen molar-refractivity contribution in [3.63, 3.8) is 0 Å². The van der Waals surface area contributed by atoms with Crippen molar-refractivity contribution in [3.05, 3.63) is 0 Å². The molecule has 0 aliphatic heterocycles. The smallest absolute Gasteiger partial charge is 0.132 e. The molecule has 0 spiro atoms. The zero-order chi connectivity index (χ0) is 6.41. The predicted molar refractivity (Wildman–Crippen MR) is 53.7 cm³/mol. The quantitative estimate of drug-likeness (QED) is 0.538. The minimum atomic E-state index is -0.148. The van der Waals surface area contributed by atoms with Gasteiger partial charge in [0.05, 0.1) is 0 Å². The third kappa shape index (κ3) is 6.21. The van der Waals surface area contributed by atoms with E-state index in [1.807, 2.05) is 0 Å². The molecule has 0 rings (SSSR count). The molecule has 0 saturated carbocycles. The van der Waals surface area contributed by atoms with Crippen LogP contribution >= 0.6 is 45.9 Å². The second-order valence-electron chi connectivity index (χ2n) is 1.14. The molecule has 0 heterocycles. The van der Waals surface area contributed by atoms with Crippen LogP contribution in [0.3, 0.4) is 0 Å². The molecule has 0 N–H and O–H groups in total. The molecule has 0 unspecified atom stereocenters. The van der Waals surface area contributed by atoms with Crippen LogP contribution < -0.4 is 0 Å². The highest BCUT2D eigenvalue weighted by Crippen LogP contribution is 2.07. The average molecular weight is 352 g/mol. The highest BCUT2D eigenvalue weighted by atomic mass is 79.9. The molecule has 0 aromatic carbocycles. The van der Waals surface area contributed by atoms with Gasteiger partial charge in [0.2, 0.25) is 0 Å². The van der Waals surface area contributed by atoms with Crippen LogP contribution in [0.25, 0.3) is 0 Å². The molecule has 0 nitrogen and oxygen atoms in total. The molecule has 0 aromatic rings. The van der Waals surface area contributed by atoms with Gasteiger partial charge in [-0.3, -0.25) is 0 Å². The van der Waals surface area contributed by atoms with E-state index in [9.17, 15) is 0 Å². The van der Waals surface area contributed by atoms with Crippen molar-refractivity contribution >= 4 is 69.6 Å². The fourth-order valence-electron chi connectivity index (χ4n) is 0.207. The normalized spacial score (nSPS) is 10.5. The van der Waals surface area contributed by atoms with E-state index < -0.39 is 0 Å². The van der Waals surface area contributed by atoms with Gasteiger partial charge < -0.3 is 0 Å². The first-order valence-corrected chi connectivity index (χ1v) is 13.1. The second kappa shape index (κ2) is 7.20. The summed E-state index contributed by atoms with van der Waals surface area (Å²) in [5.41, 5.74) is 2.70. The predicted octanol–water partition coefficient (Wildman–Crippen LogP) is 2.32. The van der Waals surface area contributed by atoms with Crippen molar-refractivity contribution in [3.8, 4) is 0 Å². The van der Waals surface area contributed by atoms with E-state index in [-0.39, 0.29) is 7.42 Å². The first-order valence-electron chi connectivity index (χ1n) is 1.98. The lowest BCUT2D eigenvalue weighted by atomic mass is 11.8. The number of hydrogen-bond donors (Lipinski definition) is 0. The van der Waals surface area contributed by atoms with Crippen molar-refractivity contribution in [1.82, 2.24) is 0 Å². The summed E-state index contributed by atoms with van der Waals surface area (Å²) in [5.74, 6) is 0. The maximum Gasteiger partial charge on any atom is 0.134 e. The highest BCUT2D eigenvalue weighted by Gasteiger charge is 2.04. The largest absolute Gasteiger partial charge is 0.134 e. The summed E-state index contributed by atoms with van der Waals surface area (Å²) in [6.07, 6.45) is 0. The summed E-state index contributed by atoms with van der Waals surface area (Å²) in [7, 11) is 1.74. The van der Waals surface area contributed by atoms with Crippen molar-refractivity contribution in [2.45, 2.75) is 11.3 Å². The van der Waals surface area contributed by atoms with Gasteiger partial charge >= 0.3 is 0 Å². The van der Waals surface area contributed by atoms with Gasteiger partial charge in [-0.25, -0.2) is 0 Å². The molecular formula is C2H4Br3Si3. The van der Waals surface area contributed by atoms with Gasteiger partial charge in [-0.05, 0) is 11.3 Å². The van der Waals surface area contributed by atoms with E-state index in [1.54, 1.807) is 0 Å². The van der Waals surface area contributed by atoms with Crippen LogP contribution in [-0.4, -0.2) is 23.7 Å². The van der Waals surface area contributed by atoms with Gasteiger partial charge in [-0.2, -0.15) is 0 Å². The Kier molecular flexibility index (Phi) is 9.08. The minimum Gasteiger partial charge on any atom is -0.132 e. The Labute approximate surface area is 80.2 Å². The van der Waals surface area contributed by atoms with Crippen molar-refractivity contribution in [2.24, 2.45) is 0 Å². The molecule has 0 aliphatic carbocycles. The van der Waals surface area contributed by atoms with Gasteiger partial charge in [0, 0.05) is 0 Å². The molecule has 0 bridgehead atoms. The zero-order valence-electron chi connectivity index (χ0n) is 4.05. The Hall–Kier alpha value is 2.09. The molecule has 0 atom stereocenters. The summed E-state index contributed by atoms with van der Waals surface area (Å²) < 4.78 is 0. The standard InChI is InChI=1S/C2H4Br3Si3/c3-6-1-8(5)2-7-4/h1-2H2. The van der Waals surface area contributed by atoms with Crippen LogP contribution in [0.4, 0.5) is 0 Å². The topological polar surface area (TPSA) is 0 Å². The maximum absolute atomic E-state index is 3.65. The molecule has 0 fully saturated rings. The molecule has 8 heavy (non-hydrogen) atoms. The first-order chi connectivity index (χ1) is 3.81. The van der Waals surface area contributed by atoms with Crippen LogP contribution in [0.2, 0.25) is 11.3 Å². The van der Waals surface area contributed by atoms with E-state index in [2.05, 4.69) is 45.9 Å². The third-order valence-corrected chi connectivity index (χ3v) is 14.7. The Balaban J connectivity index is 2.92. The minimum absolute atomic E-state index is 0.148. The fourth-order valence-corrected chi connectivity index (χ4v) is 18.4. The van der Waals surface area contributed by atoms with E-state index in [1.165, 1.54) is 11.3 Å². The van der Waals surface area contributed by atoms with Gasteiger partial charge in [-0.15, -0.1) is 45.9 Å². The molecule has 5 radical (unpaired) electrons. The fraction of sp³-hybridized carbons (Fsp3) is 1.00. The maximum atomic E-state index is 3.65. The summed E-state index contributed by atoms with van der Waals surface area (Å²) in [5, 5.41) is 0. The van der Waals surface area contributed by atoms with E-state index in [0.29, 0.717) is 0 Å². The molecule has 0 aliphatic rings. The molecule has 0 amide bonds. The molecule has 45 valence electrons. The van der Waals surface area contributed by atoms with Gasteiger partial charge in [-0.1, -0.05) is 0 Å². The highest BCUT2D eigenvalue weighted by molar-refractivity contribution is 9.26. The summed E-state index contributed by atoms with van der Waals surface area (Å²) in [6, 6.07) is 0. The second-order valence-corrected chi connectivity index (χ2v) is 12.3. The number of rotatable bonds is 4. The van der Waals surface area contributed by atoms with E-state index >= 15 is 0 Å². The molecular weight excluding hydrogens is 348 g/mol. The monoisotopic (exact) mass is 349 g/mol. The Morgan fingerprint density at radius 1 is 1.12 bits per heavy atom. The van der Waals surface area contributed by atoms with Gasteiger partial charge in [0.1, 0.15) is 23.7 Å².